The highest BCUT2D eigenvalue weighted by molar-refractivity contribution is 6.62. The Labute approximate surface area is 121 Å². The molecule has 0 aliphatic rings. The summed E-state index contributed by atoms with van der Waals surface area (Å²) in [7, 11) is -2.75. The molecule has 2 aromatic carbocycles. The van der Waals surface area contributed by atoms with Crippen LogP contribution in [0.15, 0.2) is 60.7 Å². The lowest BCUT2D eigenvalue weighted by Crippen LogP contribution is -2.51. The maximum absolute atomic E-state index is 6.09. The Bertz CT molecular complexity index is 460. The van der Waals surface area contributed by atoms with E-state index in [1.165, 1.54) is 0 Å². The van der Waals surface area contributed by atoms with Gasteiger partial charge in [-0.2, -0.15) is 0 Å². The Kier molecular flexibility index (Phi) is 5.21. The summed E-state index contributed by atoms with van der Waals surface area (Å²) in [5, 5.41) is 0. The van der Waals surface area contributed by atoms with Crippen LogP contribution in [0.4, 0.5) is 0 Å². The molecular formula is C16H20O3Si. The minimum absolute atomic E-state index is 0.569. The van der Waals surface area contributed by atoms with E-state index in [0.717, 1.165) is 11.5 Å². The Morgan fingerprint density at radius 3 is 1.55 bits per heavy atom. The molecule has 3 nitrogen and oxygen atoms in total. The summed E-state index contributed by atoms with van der Waals surface area (Å²) in [6.07, 6.45) is 0. The van der Waals surface area contributed by atoms with Crippen LogP contribution in [0.5, 0.6) is 11.5 Å². The van der Waals surface area contributed by atoms with Crippen LogP contribution in [-0.4, -0.2) is 15.4 Å². The van der Waals surface area contributed by atoms with Crippen molar-refractivity contribution < 1.29 is 13.3 Å². The van der Waals surface area contributed by atoms with Crippen LogP contribution in [0.3, 0.4) is 0 Å². The van der Waals surface area contributed by atoms with Crippen molar-refractivity contribution in [1.29, 1.82) is 0 Å². The molecule has 0 unspecified atom stereocenters. The summed E-state index contributed by atoms with van der Waals surface area (Å²) in [6, 6.07) is 20.1. The van der Waals surface area contributed by atoms with Gasteiger partial charge in [0.2, 0.25) is 0 Å². The molecule has 0 amide bonds. The minimum Gasteiger partial charge on any atom is -0.492 e. The fraction of sp³-hybridized carbons (Fsp3) is 0.250. The van der Waals surface area contributed by atoms with Gasteiger partial charge in [0.1, 0.15) is 11.5 Å². The van der Waals surface area contributed by atoms with E-state index in [1.807, 2.05) is 74.5 Å². The van der Waals surface area contributed by atoms with Gasteiger partial charge >= 0.3 is 8.80 Å². The Hall–Kier alpha value is -1.78. The molecule has 0 aliphatic heterocycles. The molecule has 0 N–H and O–H groups in total. The van der Waals surface area contributed by atoms with Gasteiger partial charge in [-0.05, 0) is 31.2 Å². The zero-order valence-corrected chi connectivity index (χ0v) is 12.9. The standard InChI is InChI=1S/C16H20O3Si/c1-3-17-20(4-2,18-15-11-7-5-8-12-15)19-16-13-9-6-10-14-16/h5-14H,3-4H2,1-2H3. The molecule has 106 valence electrons. The van der Waals surface area contributed by atoms with Gasteiger partial charge in [-0.3, -0.25) is 0 Å². The second-order valence-corrected chi connectivity index (χ2v) is 7.07. The molecule has 0 heterocycles. The Balaban J connectivity index is 2.20. The Morgan fingerprint density at radius 2 is 1.20 bits per heavy atom. The summed E-state index contributed by atoms with van der Waals surface area (Å²) in [5.41, 5.74) is 0. The smallest absolute Gasteiger partial charge is 0.492 e. The summed E-state index contributed by atoms with van der Waals surface area (Å²) in [4.78, 5) is 0. The van der Waals surface area contributed by atoms with Crippen molar-refractivity contribution in [3.05, 3.63) is 60.7 Å². The van der Waals surface area contributed by atoms with Crippen molar-refractivity contribution in [2.24, 2.45) is 0 Å². The third-order valence-electron chi connectivity index (χ3n) is 2.83. The zero-order valence-electron chi connectivity index (χ0n) is 11.9. The summed E-state index contributed by atoms with van der Waals surface area (Å²) < 4.78 is 18.1. The van der Waals surface area contributed by atoms with Gasteiger partial charge in [0.05, 0.1) is 0 Å². The van der Waals surface area contributed by atoms with Crippen molar-refractivity contribution in [3.8, 4) is 11.5 Å². The van der Waals surface area contributed by atoms with E-state index in [4.69, 9.17) is 13.3 Å². The van der Waals surface area contributed by atoms with Gasteiger partial charge in [-0.15, -0.1) is 0 Å². The van der Waals surface area contributed by atoms with Crippen molar-refractivity contribution in [3.63, 3.8) is 0 Å². The largest absolute Gasteiger partial charge is 0.631 e. The SMILES string of the molecule is CCO[Si](CC)(Oc1ccccc1)Oc1ccccc1. The lowest BCUT2D eigenvalue weighted by molar-refractivity contribution is 0.175. The van der Waals surface area contributed by atoms with Gasteiger partial charge in [0, 0.05) is 12.7 Å². The maximum Gasteiger partial charge on any atom is 0.631 e. The summed E-state index contributed by atoms with van der Waals surface area (Å²) in [5.74, 6) is 1.57. The van der Waals surface area contributed by atoms with E-state index in [2.05, 4.69) is 0 Å². The van der Waals surface area contributed by atoms with Crippen molar-refractivity contribution in [2.75, 3.05) is 6.61 Å². The highest BCUT2D eigenvalue weighted by atomic mass is 28.4. The first kappa shape index (κ1) is 14.6. The van der Waals surface area contributed by atoms with Gasteiger partial charge in [-0.25, -0.2) is 0 Å². The minimum atomic E-state index is -2.75. The quantitative estimate of drug-likeness (QED) is 0.717. The average molecular weight is 288 g/mol. The predicted octanol–water partition coefficient (Wildman–Crippen LogP) is 4.14. The first-order valence-electron chi connectivity index (χ1n) is 6.90. The highest BCUT2D eigenvalue weighted by Crippen LogP contribution is 2.23. The van der Waals surface area contributed by atoms with Gasteiger partial charge in [-0.1, -0.05) is 43.3 Å². The van der Waals surface area contributed by atoms with Crippen molar-refractivity contribution in [1.82, 2.24) is 0 Å². The van der Waals surface area contributed by atoms with E-state index in [-0.39, 0.29) is 0 Å². The number of rotatable bonds is 7. The molecule has 0 fully saturated rings. The van der Waals surface area contributed by atoms with Crippen LogP contribution in [-0.2, 0) is 4.43 Å². The second kappa shape index (κ2) is 7.12. The molecule has 4 heteroatoms. The fourth-order valence-electron chi connectivity index (χ4n) is 1.88. The van der Waals surface area contributed by atoms with E-state index < -0.39 is 8.80 Å². The van der Waals surface area contributed by atoms with Crippen LogP contribution < -0.4 is 8.85 Å². The van der Waals surface area contributed by atoms with Crippen molar-refractivity contribution >= 4 is 8.80 Å². The second-order valence-electron chi connectivity index (χ2n) is 4.30. The maximum atomic E-state index is 6.09. The molecule has 20 heavy (non-hydrogen) atoms. The molecule has 0 aromatic heterocycles. The normalized spacial score (nSPS) is 11.1. The molecule has 0 saturated carbocycles. The average Bonchev–Trinajstić information content (AvgIpc) is 2.49. The molecule has 2 rings (SSSR count). The van der Waals surface area contributed by atoms with Gasteiger partial charge < -0.3 is 13.3 Å². The lowest BCUT2D eigenvalue weighted by Gasteiger charge is -2.28. The highest BCUT2D eigenvalue weighted by Gasteiger charge is 2.44. The molecule has 0 saturated heterocycles. The summed E-state index contributed by atoms with van der Waals surface area (Å²) in [6.45, 7) is 4.56. The van der Waals surface area contributed by atoms with E-state index in [0.29, 0.717) is 12.7 Å². The topological polar surface area (TPSA) is 27.7 Å². The number of para-hydroxylation sites is 2. The molecular weight excluding hydrogens is 268 g/mol. The van der Waals surface area contributed by atoms with Gasteiger partial charge in [0.15, 0.2) is 0 Å². The number of hydrogen-bond acceptors (Lipinski definition) is 3. The van der Waals surface area contributed by atoms with Gasteiger partial charge in [0.25, 0.3) is 0 Å². The third kappa shape index (κ3) is 3.85. The first-order valence-corrected chi connectivity index (χ1v) is 8.83. The molecule has 0 aliphatic carbocycles. The lowest BCUT2D eigenvalue weighted by atomic mass is 10.3. The van der Waals surface area contributed by atoms with Crippen LogP contribution >= 0.6 is 0 Å². The molecule has 2 aromatic rings. The first-order chi connectivity index (χ1) is 9.78. The number of benzene rings is 2. The van der Waals surface area contributed by atoms with E-state index in [9.17, 15) is 0 Å². The van der Waals surface area contributed by atoms with Crippen LogP contribution in [0.1, 0.15) is 13.8 Å². The Morgan fingerprint density at radius 1 is 0.750 bits per heavy atom. The third-order valence-corrected chi connectivity index (χ3v) is 5.52. The predicted molar refractivity (Wildman–Crippen MR) is 82.0 cm³/mol. The van der Waals surface area contributed by atoms with Crippen LogP contribution in [0.2, 0.25) is 6.04 Å². The van der Waals surface area contributed by atoms with Crippen LogP contribution in [0, 0.1) is 0 Å². The van der Waals surface area contributed by atoms with Crippen molar-refractivity contribution in [2.45, 2.75) is 19.9 Å². The molecule has 0 bridgehead atoms. The monoisotopic (exact) mass is 288 g/mol. The van der Waals surface area contributed by atoms with Crippen LogP contribution in [0.25, 0.3) is 0 Å². The fourth-order valence-corrected chi connectivity index (χ4v) is 3.96. The molecule has 0 atom stereocenters. The summed E-state index contributed by atoms with van der Waals surface area (Å²) >= 11 is 0. The zero-order chi connectivity index (χ0) is 14.3. The van der Waals surface area contributed by atoms with E-state index >= 15 is 0 Å². The molecule has 0 spiro atoms. The van der Waals surface area contributed by atoms with E-state index in [1.54, 1.807) is 0 Å². The molecule has 0 radical (unpaired) electrons. The number of hydrogen-bond donors (Lipinski definition) is 0.